The zero-order valence-electron chi connectivity index (χ0n) is 24.6. The molecule has 0 aliphatic heterocycles. The van der Waals surface area contributed by atoms with Crippen molar-refractivity contribution >= 4 is 51.8 Å². The summed E-state index contributed by atoms with van der Waals surface area (Å²) in [5.74, 6) is 4.67. The average Bonchev–Trinajstić information content (AvgIpc) is 3.85. The zero-order chi connectivity index (χ0) is 33.8. The van der Waals surface area contributed by atoms with E-state index in [0.29, 0.717) is 14.8 Å². The maximum atomic E-state index is 14.1. The van der Waals surface area contributed by atoms with E-state index in [9.17, 15) is 27.6 Å². The number of alkyl halides is 3. The van der Waals surface area contributed by atoms with Crippen molar-refractivity contribution in [1.82, 2.24) is 14.3 Å². The second-order valence-corrected chi connectivity index (χ2v) is 13.0. The molecule has 48 heavy (non-hydrogen) atoms. The molecule has 0 fully saturated rings. The number of halogens is 4. The molecule has 0 aliphatic carbocycles. The number of carbonyl (C=O) groups excluding carboxylic acids is 2. The van der Waals surface area contributed by atoms with Crippen molar-refractivity contribution in [2.75, 3.05) is 5.32 Å². The Labute approximate surface area is 284 Å². The summed E-state index contributed by atoms with van der Waals surface area (Å²) >= 11 is 8.60. The van der Waals surface area contributed by atoms with Crippen molar-refractivity contribution in [3.05, 3.63) is 149 Å². The maximum Gasteiger partial charge on any atom is 0.417 e. The van der Waals surface area contributed by atoms with Crippen molar-refractivity contribution in [3.8, 4) is 23.1 Å². The Kier molecular flexibility index (Phi) is 9.45. The predicted molar refractivity (Wildman–Crippen MR) is 181 cm³/mol. The van der Waals surface area contributed by atoms with Crippen LogP contribution in [0.15, 0.2) is 107 Å². The second-order valence-electron chi connectivity index (χ2n) is 10.3. The largest absolute Gasteiger partial charge is 0.417 e. The molecule has 0 aliphatic rings. The second kappa shape index (κ2) is 13.9. The first-order valence-electron chi connectivity index (χ1n) is 14.2. The summed E-state index contributed by atoms with van der Waals surface area (Å²) in [6.07, 6.45) is -3.36. The number of hydrogen-bond acceptors (Lipinski definition) is 7. The van der Waals surface area contributed by atoms with Gasteiger partial charge in [0.2, 0.25) is 0 Å². The van der Waals surface area contributed by atoms with Gasteiger partial charge in [-0.2, -0.15) is 23.0 Å². The van der Waals surface area contributed by atoms with Gasteiger partial charge in [-0.15, -0.1) is 22.7 Å². The molecule has 0 atom stereocenters. The molecule has 6 rings (SSSR count). The molecule has 4 heterocycles. The van der Waals surface area contributed by atoms with Gasteiger partial charge in [-0.25, -0.2) is 0 Å². The van der Waals surface area contributed by atoms with E-state index in [0.717, 1.165) is 21.7 Å². The Morgan fingerprint density at radius 1 is 0.938 bits per heavy atom. The van der Waals surface area contributed by atoms with Crippen LogP contribution in [0.3, 0.4) is 0 Å². The zero-order valence-corrected chi connectivity index (χ0v) is 27.0. The SMILES string of the molecule is O=C(Cn1ccc(C#Cc2ccccc2)c(-c2cc(NCc3ccc(Cl)s3)n(C(=O)c3ccccc3C(F)(F)F)n2)c1=O)c1cccs1. The average molecular weight is 703 g/mol. The van der Waals surface area contributed by atoms with E-state index in [4.69, 9.17) is 11.6 Å². The van der Waals surface area contributed by atoms with E-state index >= 15 is 0 Å². The van der Waals surface area contributed by atoms with Crippen molar-refractivity contribution in [2.24, 2.45) is 0 Å². The van der Waals surface area contributed by atoms with E-state index in [1.165, 1.54) is 51.6 Å². The number of carbonyl (C=O) groups is 2. The van der Waals surface area contributed by atoms with Gasteiger partial charge in [-0.05, 0) is 53.9 Å². The van der Waals surface area contributed by atoms with Gasteiger partial charge in [-0.1, -0.05) is 59.8 Å². The van der Waals surface area contributed by atoms with Crippen LogP contribution in [-0.2, 0) is 19.3 Å². The summed E-state index contributed by atoms with van der Waals surface area (Å²) < 4.78 is 44.4. The predicted octanol–water partition coefficient (Wildman–Crippen LogP) is 8.09. The molecule has 0 saturated carbocycles. The van der Waals surface area contributed by atoms with Gasteiger partial charge in [0.25, 0.3) is 11.5 Å². The number of benzene rings is 2. The molecule has 6 aromatic rings. The Balaban J connectivity index is 1.50. The van der Waals surface area contributed by atoms with E-state index in [2.05, 4.69) is 22.3 Å². The van der Waals surface area contributed by atoms with Gasteiger partial charge in [0.1, 0.15) is 11.5 Å². The summed E-state index contributed by atoms with van der Waals surface area (Å²) in [6.45, 7) is -0.118. The molecule has 240 valence electrons. The first-order chi connectivity index (χ1) is 23.1. The van der Waals surface area contributed by atoms with Crippen LogP contribution in [0.2, 0.25) is 4.34 Å². The molecular formula is C35H22ClF3N4O3S2. The molecule has 0 bridgehead atoms. The highest BCUT2D eigenvalue weighted by Crippen LogP contribution is 2.33. The van der Waals surface area contributed by atoms with Gasteiger partial charge >= 0.3 is 6.18 Å². The van der Waals surface area contributed by atoms with Crippen LogP contribution in [0, 0.1) is 11.8 Å². The third-order valence-corrected chi connectivity index (χ3v) is 9.23. The van der Waals surface area contributed by atoms with Crippen molar-refractivity contribution < 1.29 is 22.8 Å². The standard InChI is InChI=1S/C35H22ClF3N4O3S2/c36-30-15-14-24(48-30)20-40-31-19-27(41-43(31)33(45)25-9-4-5-10-26(25)35(37,38)39)32-23(13-12-22-7-2-1-3-8-22)16-17-42(34(32)46)21-28(44)29-11-6-18-47-29/h1-11,14-19,40H,20-21H2. The first-order valence-corrected chi connectivity index (χ1v) is 16.3. The van der Waals surface area contributed by atoms with Crippen LogP contribution < -0.4 is 10.9 Å². The Hall–Kier alpha value is -5.22. The maximum absolute atomic E-state index is 14.1. The third-order valence-electron chi connectivity index (χ3n) is 7.08. The number of rotatable bonds is 8. The highest BCUT2D eigenvalue weighted by molar-refractivity contribution is 7.16. The van der Waals surface area contributed by atoms with Gasteiger partial charge in [-0.3, -0.25) is 14.4 Å². The number of ketones is 1. The highest BCUT2D eigenvalue weighted by Gasteiger charge is 2.36. The Bertz CT molecular complexity index is 2250. The van der Waals surface area contributed by atoms with Crippen LogP contribution in [0.5, 0.6) is 0 Å². The lowest BCUT2D eigenvalue weighted by atomic mass is 10.1. The molecule has 0 spiro atoms. The molecule has 0 radical (unpaired) electrons. The first kappa shape index (κ1) is 32.7. The number of aromatic nitrogens is 3. The van der Waals surface area contributed by atoms with Gasteiger partial charge in [0, 0.05) is 28.3 Å². The normalized spacial score (nSPS) is 11.2. The number of thiophene rings is 2. The third kappa shape index (κ3) is 7.18. The van der Waals surface area contributed by atoms with Crippen LogP contribution >= 0.6 is 34.3 Å². The molecular weight excluding hydrogens is 681 g/mol. The topological polar surface area (TPSA) is 86.0 Å². The van der Waals surface area contributed by atoms with E-state index in [1.807, 2.05) is 18.2 Å². The summed E-state index contributed by atoms with van der Waals surface area (Å²) in [6, 6.07) is 23.2. The molecule has 0 saturated heterocycles. The van der Waals surface area contributed by atoms with E-state index in [-0.39, 0.29) is 41.5 Å². The smallest absolute Gasteiger partial charge is 0.365 e. The van der Waals surface area contributed by atoms with Gasteiger partial charge < -0.3 is 9.88 Å². The van der Waals surface area contributed by atoms with Crippen LogP contribution in [0.1, 0.15) is 41.6 Å². The summed E-state index contributed by atoms with van der Waals surface area (Å²) in [5.41, 5.74) is -1.53. The summed E-state index contributed by atoms with van der Waals surface area (Å²) in [4.78, 5) is 42.1. The number of anilines is 1. The summed E-state index contributed by atoms with van der Waals surface area (Å²) in [7, 11) is 0. The number of Topliss-reactive ketones (excluding diaryl/α,β-unsaturated/α-hetero) is 1. The molecule has 2 aromatic carbocycles. The van der Waals surface area contributed by atoms with Crippen LogP contribution in [0.25, 0.3) is 11.3 Å². The van der Waals surface area contributed by atoms with Crippen molar-refractivity contribution in [1.29, 1.82) is 0 Å². The number of hydrogen-bond donors (Lipinski definition) is 1. The van der Waals surface area contributed by atoms with E-state index < -0.39 is 28.8 Å². The van der Waals surface area contributed by atoms with Crippen LogP contribution in [-0.4, -0.2) is 26.0 Å². The molecule has 1 N–H and O–H groups in total. The molecule has 13 heteroatoms. The Morgan fingerprint density at radius 3 is 2.42 bits per heavy atom. The molecule has 4 aromatic heterocycles. The lowest BCUT2D eigenvalue weighted by Crippen LogP contribution is -2.26. The molecule has 7 nitrogen and oxygen atoms in total. The summed E-state index contributed by atoms with van der Waals surface area (Å²) in [5, 5.41) is 9.20. The van der Waals surface area contributed by atoms with Crippen molar-refractivity contribution in [2.45, 2.75) is 19.3 Å². The Morgan fingerprint density at radius 2 is 1.71 bits per heavy atom. The lowest BCUT2D eigenvalue weighted by Gasteiger charge is -2.13. The fraction of sp³-hybridized carbons (Fsp3) is 0.0857. The minimum Gasteiger partial charge on any atom is -0.365 e. The minimum atomic E-state index is -4.81. The quantitative estimate of drug-likeness (QED) is 0.128. The monoisotopic (exact) mass is 702 g/mol. The number of nitrogens with one attached hydrogen (secondary N) is 1. The van der Waals surface area contributed by atoms with E-state index in [1.54, 1.807) is 47.8 Å². The number of nitrogens with zero attached hydrogens (tertiary/aromatic N) is 3. The van der Waals surface area contributed by atoms with Gasteiger partial charge in [0.05, 0.1) is 39.0 Å². The number of pyridine rings is 1. The van der Waals surface area contributed by atoms with Crippen LogP contribution in [0.4, 0.5) is 19.0 Å². The van der Waals surface area contributed by atoms with Gasteiger partial charge in [0.15, 0.2) is 5.78 Å². The minimum absolute atomic E-state index is 0.0279. The van der Waals surface area contributed by atoms with Crippen molar-refractivity contribution in [3.63, 3.8) is 0 Å². The fourth-order valence-corrected chi connectivity index (χ4v) is 6.50. The fourth-order valence-electron chi connectivity index (χ4n) is 4.82. The highest BCUT2D eigenvalue weighted by atomic mass is 35.5. The molecule has 0 amide bonds. The lowest BCUT2D eigenvalue weighted by molar-refractivity contribution is -0.137. The molecule has 0 unspecified atom stereocenters.